The fourth-order valence-electron chi connectivity index (χ4n) is 7.74. The summed E-state index contributed by atoms with van der Waals surface area (Å²) < 4.78 is 5.49. The number of nitrogens with one attached hydrogen (secondary N) is 4. The zero-order valence-corrected chi connectivity index (χ0v) is 30.8. The van der Waals surface area contributed by atoms with Gasteiger partial charge in [0, 0.05) is 13.1 Å². The van der Waals surface area contributed by atoms with Crippen molar-refractivity contribution in [3.8, 4) is 0 Å². The summed E-state index contributed by atoms with van der Waals surface area (Å²) in [6.45, 7) is 19.0. The third kappa shape index (κ3) is 9.42. The van der Waals surface area contributed by atoms with Gasteiger partial charge in [0.2, 0.25) is 23.5 Å². The molecule has 0 bridgehead atoms. The van der Waals surface area contributed by atoms with Crippen LogP contribution in [0.3, 0.4) is 0 Å². The van der Waals surface area contributed by atoms with E-state index in [0.717, 1.165) is 44.9 Å². The van der Waals surface area contributed by atoms with Gasteiger partial charge in [-0.3, -0.25) is 24.0 Å². The van der Waals surface area contributed by atoms with E-state index in [9.17, 15) is 28.8 Å². The first kappa shape index (κ1) is 38.4. The lowest BCUT2D eigenvalue weighted by Crippen LogP contribution is -2.63. The van der Waals surface area contributed by atoms with Gasteiger partial charge in [0.15, 0.2) is 0 Å². The molecule has 274 valence electrons. The van der Waals surface area contributed by atoms with E-state index in [-0.39, 0.29) is 35.6 Å². The third-order valence-corrected chi connectivity index (χ3v) is 10.8. The van der Waals surface area contributed by atoms with Gasteiger partial charge < -0.3 is 30.9 Å². The van der Waals surface area contributed by atoms with Crippen LogP contribution in [0.25, 0.3) is 0 Å². The standard InChI is InChI=1S/C37H59N5O7/c1-10-18-38-32(46)28(43)24(19-21-16-17-21)39-31(45)27-25-23(37(25,8)9)20-42(27)33(47)29(35(2,3)4)41-30(44)26(22-14-12-11-13-15-22)40-34(48)49-36(5,6)7/h10,21-27,29H,1,11-20H2,2-9H3,(H,38,46)(H,39,45)(H,40,48)(H,41,44)/t23-,24?,25-,26-,27?,29+/m0/s1. The fourth-order valence-corrected chi connectivity index (χ4v) is 7.74. The third-order valence-electron chi connectivity index (χ3n) is 10.8. The molecule has 1 saturated heterocycles. The van der Waals surface area contributed by atoms with E-state index < -0.39 is 70.7 Å². The Morgan fingerprint density at radius 3 is 2.10 bits per heavy atom. The lowest BCUT2D eigenvalue weighted by molar-refractivity contribution is -0.147. The van der Waals surface area contributed by atoms with Crippen LogP contribution in [0.4, 0.5) is 4.79 Å². The molecule has 6 atom stereocenters. The largest absolute Gasteiger partial charge is 0.444 e. The van der Waals surface area contributed by atoms with Crippen molar-refractivity contribution in [2.45, 2.75) is 137 Å². The predicted molar refractivity (Wildman–Crippen MR) is 185 cm³/mol. The Bertz CT molecular complexity index is 1300. The number of fused-ring (bicyclic) bond motifs is 1. The van der Waals surface area contributed by atoms with E-state index in [4.69, 9.17) is 4.74 Å². The molecule has 4 N–H and O–H groups in total. The molecule has 0 aromatic heterocycles. The van der Waals surface area contributed by atoms with E-state index in [0.29, 0.717) is 13.0 Å². The first-order chi connectivity index (χ1) is 22.8. The van der Waals surface area contributed by atoms with Crippen LogP contribution >= 0.6 is 0 Å². The topological polar surface area (TPSA) is 163 Å². The van der Waals surface area contributed by atoms with Crippen molar-refractivity contribution in [1.82, 2.24) is 26.2 Å². The highest BCUT2D eigenvalue weighted by Gasteiger charge is 2.70. The van der Waals surface area contributed by atoms with Gasteiger partial charge in [-0.1, -0.05) is 72.8 Å². The second-order valence-electron chi connectivity index (χ2n) is 17.3. The highest BCUT2D eigenvalue weighted by Crippen LogP contribution is 2.65. The number of ether oxygens (including phenoxy) is 1. The number of carbonyl (C=O) groups excluding carboxylic acids is 6. The Morgan fingerprint density at radius 1 is 0.918 bits per heavy atom. The fraction of sp³-hybridized carbons (Fsp3) is 0.784. The van der Waals surface area contributed by atoms with Crippen LogP contribution < -0.4 is 21.3 Å². The summed E-state index contributed by atoms with van der Waals surface area (Å²) >= 11 is 0. The molecular formula is C37H59N5O7. The number of alkyl carbamates (subject to hydrolysis) is 1. The van der Waals surface area contributed by atoms with E-state index in [1.165, 1.54) is 6.08 Å². The van der Waals surface area contributed by atoms with Gasteiger partial charge in [-0.2, -0.15) is 0 Å². The Balaban J connectivity index is 1.56. The van der Waals surface area contributed by atoms with Crippen molar-refractivity contribution in [2.75, 3.05) is 13.1 Å². The number of hydrogen-bond acceptors (Lipinski definition) is 7. The summed E-state index contributed by atoms with van der Waals surface area (Å²) in [5.41, 5.74) is -1.69. The van der Waals surface area contributed by atoms with Crippen molar-refractivity contribution < 1.29 is 33.5 Å². The number of rotatable bonds is 13. The monoisotopic (exact) mass is 685 g/mol. The summed E-state index contributed by atoms with van der Waals surface area (Å²) in [4.78, 5) is 82.9. The van der Waals surface area contributed by atoms with Gasteiger partial charge in [0.05, 0.1) is 6.04 Å². The van der Waals surface area contributed by atoms with Crippen molar-refractivity contribution in [3.05, 3.63) is 12.7 Å². The van der Waals surface area contributed by atoms with Crippen molar-refractivity contribution in [1.29, 1.82) is 0 Å². The van der Waals surface area contributed by atoms with Gasteiger partial charge >= 0.3 is 6.09 Å². The minimum absolute atomic E-state index is 0.0702. The van der Waals surface area contributed by atoms with Crippen LogP contribution in [0.15, 0.2) is 12.7 Å². The lowest BCUT2D eigenvalue weighted by atomic mass is 9.82. The zero-order chi connectivity index (χ0) is 36.5. The van der Waals surface area contributed by atoms with Crippen LogP contribution in [0, 0.1) is 34.5 Å². The van der Waals surface area contributed by atoms with Crippen molar-refractivity contribution in [3.63, 3.8) is 0 Å². The molecule has 1 heterocycles. The second-order valence-corrected chi connectivity index (χ2v) is 17.3. The molecule has 3 saturated carbocycles. The molecular weight excluding hydrogens is 626 g/mol. The molecule has 12 heteroatoms. The van der Waals surface area contributed by atoms with Gasteiger partial charge in [-0.15, -0.1) is 6.58 Å². The van der Waals surface area contributed by atoms with Crippen molar-refractivity contribution >= 4 is 35.5 Å². The molecule has 2 unspecified atom stereocenters. The maximum atomic E-state index is 14.5. The highest BCUT2D eigenvalue weighted by molar-refractivity contribution is 6.38. The first-order valence-corrected chi connectivity index (χ1v) is 18.1. The van der Waals surface area contributed by atoms with E-state index >= 15 is 0 Å². The van der Waals surface area contributed by atoms with Crippen LogP contribution in [0.1, 0.15) is 107 Å². The molecule has 49 heavy (non-hydrogen) atoms. The highest BCUT2D eigenvalue weighted by atomic mass is 16.6. The molecule has 0 radical (unpaired) electrons. The molecule has 3 aliphatic carbocycles. The summed E-state index contributed by atoms with van der Waals surface area (Å²) in [6.07, 6.45) is 7.47. The maximum Gasteiger partial charge on any atom is 0.408 e. The summed E-state index contributed by atoms with van der Waals surface area (Å²) in [5, 5.41) is 11.2. The second kappa shape index (κ2) is 14.8. The Labute approximate surface area is 291 Å². The number of hydrogen-bond donors (Lipinski definition) is 4. The Hall–Kier alpha value is -3.44. The smallest absolute Gasteiger partial charge is 0.408 e. The van der Waals surface area contributed by atoms with Crippen LogP contribution in [-0.4, -0.2) is 83.3 Å². The normalized spacial score (nSPS) is 25.1. The quantitative estimate of drug-likeness (QED) is 0.170. The number of amides is 5. The van der Waals surface area contributed by atoms with Crippen LogP contribution in [0.5, 0.6) is 0 Å². The lowest BCUT2D eigenvalue weighted by Gasteiger charge is -2.39. The molecule has 0 aromatic carbocycles. The van der Waals surface area contributed by atoms with Gasteiger partial charge in [-0.05, 0) is 74.5 Å². The molecule has 1 aliphatic heterocycles. The van der Waals surface area contributed by atoms with Gasteiger partial charge in [0.25, 0.3) is 5.91 Å². The van der Waals surface area contributed by atoms with Crippen LogP contribution in [-0.2, 0) is 28.7 Å². The van der Waals surface area contributed by atoms with Gasteiger partial charge in [0.1, 0.15) is 23.7 Å². The van der Waals surface area contributed by atoms with Crippen molar-refractivity contribution in [2.24, 2.45) is 34.5 Å². The SMILES string of the molecule is C=CCNC(=O)C(=O)C(CC1CC1)NC(=O)C1[C@@H]2[C@H](CN1C(=O)[C@@H](NC(=O)[C@@H](NC(=O)OC(C)(C)C)C1CCCCC1)C(C)(C)C)C2(C)C. The average Bonchev–Trinajstić information content (AvgIpc) is 3.86. The van der Waals surface area contributed by atoms with E-state index in [1.54, 1.807) is 25.7 Å². The van der Waals surface area contributed by atoms with Gasteiger partial charge in [-0.25, -0.2) is 4.79 Å². The van der Waals surface area contributed by atoms with E-state index in [1.807, 2.05) is 20.8 Å². The molecule has 4 fully saturated rings. The molecule has 12 nitrogen and oxygen atoms in total. The summed E-state index contributed by atoms with van der Waals surface area (Å²) in [6, 6.07) is -3.76. The van der Waals surface area contributed by atoms with E-state index in [2.05, 4.69) is 41.7 Å². The number of carbonyl (C=O) groups is 6. The minimum atomic E-state index is -1.00. The number of nitrogens with zero attached hydrogens (tertiary/aromatic N) is 1. The molecule has 5 amide bonds. The number of ketones is 1. The molecule has 4 aliphatic rings. The first-order valence-electron chi connectivity index (χ1n) is 18.1. The number of piperidine rings is 1. The number of likely N-dealkylation sites (tertiary alicyclic amines) is 1. The Kier molecular flexibility index (Phi) is 11.6. The molecule has 4 rings (SSSR count). The molecule has 0 spiro atoms. The molecule has 0 aromatic rings. The summed E-state index contributed by atoms with van der Waals surface area (Å²) in [5.74, 6) is -2.74. The maximum absolute atomic E-state index is 14.5. The Morgan fingerprint density at radius 2 is 1.55 bits per heavy atom. The summed E-state index contributed by atoms with van der Waals surface area (Å²) in [7, 11) is 0. The number of Topliss-reactive ketones (excluding diaryl/α,β-unsaturated/α-hetero) is 1. The predicted octanol–water partition coefficient (Wildman–Crippen LogP) is 3.63. The van der Waals surface area contributed by atoms with Crippen LogP contribution in [0.2, 0.25) is 0 Å². The minimum Gasteiger partial charge on any atom is -0.444 e. The zero-order valence-electron chi connectivity index (χ0n) is 30.8. The average molecular weight is 686 g/mol.